The maximum absolute atomic E-state index is 12.6. The molecule has 14 heteroatoms. The molecule has 1 amide bonds. The second-order valence-corrected chi connectivity index (χ2v) is 6.41. The summed E-state index contributed by atoms with van der Waals surface area (Å²) < 4.78 is 67.7. The Kier molecular flexibility index (Phi) is 7.25. The van der Waals surface area contributed by atoms with Gasteiger partial charge in [0.05, 0.1) is 11.3 Å². The minimum atomic E-state index is -5.00. The van der Waals surface area contributed by atoms with Crippen molar-refractivity contribution in [3.05, 3.63) is 40.6 Å². The highest BCUT2D eigenvalue weighted by molar-refractivity contribution is 5.84. The number of H-pyrrole nitrogens is 1. The Labute approximate surface area is 170 Å². The lowest BCUT2D eigenvalue weighted by molar-refractivity contribution is -0.295. The van der Waals surface area contributed by atoms with Crippen LogP contribution in [-0.4, -0.2) is 56.4 Å². The lowest BCUT2D eigenvalue weighted by atomic mass is 10.1. The second kappa shape index (κ2) is 9.32. The number of nitrogens with one attached hydrogen (secondary N) is 2. The number of pyridine rings is 1. The monoisotopic (exact) mass is 453 g/mol. The Bertz CT molecular complexity index is 966. The number of nitrogens with zero attached hydrogens (tertiary/aromatic N) is 3. The summed E-state index contributed by atoms with van der Waals surface area (Å²) in [5.41, 5.74) is -1.91. The molecule has 1 fully saturated rings. The van der Waals surface area contributed by atoms with E-state index in [1.807, 2.05) is 0 Å². The molecular formula is C17H17F6N5O3. The Balaban J connectivity index is 0.000000614. The fourth-order valence-electron chi connectivity index (χ4n) is 2.52. The quantitative estimate of drug-likeness (QED) is 0.614. The molecule has 0 spiro atoms. The Hall–Kier alpha value is -3.16. The minimum Gasteiger partial charge on any atom is -0.359 e. The number of aromatic nitrogens is 3. The smallest absolute Gasteiger partial charge is 0.359 e. The normalized spacial score (nSPS) is 14.8. The van der Waals surface area contributed by atoms with E-state index in [2.05, 4.69) is 15.3 Å². The van der Waals surface area contributed by atoms with E-state index in [1.165, 1.54) is 12.4 Å². The van der Waals surface area contributed by atoms with E-state index in [0.29, 0.717) is 5.82 Å². The third kappa shape index (κ3) is 7.24. The summed E-state index contributed by atoms with van der Waals surface area (Å²) in [6.45, 7) is 3.13. The van der Waals surface area contributed by atoms with Crippen molar-refractivity contribution < 1.29 is 36.2 Å². The van der Waals surface area contributed by atoms with Crippen molar-refractivity contribution in [2.75, 3.05) is 18.4 Å². The minimum absolute atomic E-state index is 0.0230. The van der Waals surface area contributed by atoms with E-state index in [-0.39, 0.29) is 17.2 Å². The van der Waals surface area contributed by atoms with Crippen LogP contribution in [0.4, 0.5) is 32.2 Å². The first-order valence-electron chi connectivity index (χ1n) is 8.73. The van der Waals surface area contributed by atoms with Crippen LogP contribution in [0.3, 0.4) is 0 Å². The molecule has 0 unspecified atom stereocenters. The summed E-state index contributed by atoms with van der Waals surface area (Å²) in [5, 5.41) is 9.44. The summed E-state index contributed by atoms with van der Waals surface area (Å²) in [7, 11) is 0. The van der Waals surface area contributed by atoms with Gasteiger partial charge in [-0.05, 0) is 25.5 Å². The molecule has 2 aromatic heterocycles. The topological polar surface area (TPSA) is 111 Å². The van der Waals surface area contributed by atoms with Gasteiger partial charge < -0.3 is 20.3 Å². The highest BCUT2D eigenvalue weighted by atomic mass is 19.4. The van der Waals surface area contributed by atoms with Gasteiger partial charge >= 0.3 is 12.5 Å². The first-order valence-corrected chi connectivity index (χ1v) is 8.73. The SMILES string of the molecule is C[C@@H](Nc1cc(-c2ccc(C(F)(F)F)[nH]c2=O)ncn1)C(=O)N1CCC1.OC(F)(F)F. The molecule has 3 N–H and O–H groups in total. The average Bonchev–Trinajstić information content (AvgIpc) is 2.58. The fraction of sp³-hybridized carbons (Fsp3) is 0.412. The van der Waals surface area contributed by atoms with Crippen molar-refractivity contribution >= 4 is 11.7 Å². The predicted molar refractivity (Wildman–Crippen MR) is 95.6 cm³/mol. The number of hydrogen-bond acceptors (Lipinski definition) is 6. The van der Waals surface area contributed by atoms with Crippen molar-refractivity contribution in [1.82, 2.24) is 19.9 Å². The molecule has 0 aliphatic carbocycles. The molecule has 3 rings (SSSR count). The molecule has 2 aromatic rings. The fourth-order valence-corrected chi connectivity index (χ4v) is 2.52. The molecule has 1 aliphatic rings. The second-order valence-electron chi connectivity index (χ2n) is 6.41. The zero-order valence-electron chi connectivity index (χ0n) is 15.9. The zero-order valence-corrected chi connectivity index (χ0v) is 15.9. The lowest BCUT2D eigenvalue weighted by Gasteiger charge is -2.33. The number of amides is 1. The van der Waals surface area contributed by atoms with Gasteiger partial charge in [-0.1, -0.05) is 0 Å². The molecule has 170 valence electrons. The number of alkyl halides is 6. The van der Waals surface area contributed by atoms with Crippen LogP contribution in [-0.2, 0) is 11.0 Å². The largest absolute Gasteiger partial charge is 0.519 e. The van der Waals surface area contributed by atoms with Crippen molar-refractivity contribution in [1.29, 1.82) is 0 Å². The number of aliphatic hydroxyl groups is 1. The third-order valence-corrected chi connectivity index (χ3v) is 4.06. The molecule has 1 atom stereocenters. The number of carbonyl (C=O) groups excluding carboxylic acids is 1. The summed E-state index contributed by atoms with van der Waals surface area (Å²) in [6.07, 6.45) is -7.48. The van der Waals surface area contributed by atoms with Crippen LogP contribution in [0.1, 0.15) is 19.0 Å². The van der Waals surface area contributed by atoms with Crippen LogP contribution >= 0.6 is 0 Å². The van der Waals surface area contributed by atoms with Crippen LogP contribution in [0, 0.1) is 0 Å². The van der Waals surface area contributed by atoms with Crippen LogP contribution in [0.5, 0.6) is 0 Å². The maximum Gasteiger partial charge on any atom is 0.519 e. The Morgan fingerprint density at radius 2 is 1.81 bits per heavy atom. The molecule has 3 heterocycles. The molecule has 8 nitrogen and oxygen atoms in total. The van der Waals surface area contributed by atoms with Gasteiger partial charge in [-0.2, -0.15) is 13.2 Å². The molecule has 1 saturated heterocycles. The zero-order chi connectivity index (χ0) is 23.4. The summed E-state index contributed by atoms with van der Waals surface area (Å²) in [4.78, 5) is 35.5. The van der Waals surface area contributed by atoms with Crippen molar-refractivity contribution in [2.45, 2.75) is 31.9 Å². The van der Waals surface area contributed by atoms with E-state index >= 15 is 0 Å². The van der Waals surface area contributed by atoms with Crippen LogP contribution in [0.25, 0.3) is 11.3 Å². The van der Waals surface area contributed by atoms with Gasteiger partial charge in [0, 0.05) is 19.2 Å². The van der Waals surface area contributed by atoms with Gasteiger partial charge in [-0.15, -0.1) is 13.2 Å². The van der Waals surface area contributed by atoms with Crippen LogP contribution in [0.2, 0.25) is 0 Å². The average molecular weight is 453 g/mol. The van der Waals surface area contributed by atoms with Gasteiger partial charge in [-0.3, -0.25) is 9.59 Å². The number of hydrogen-bond donors (Lipinski definition) is 3. The lowest BCUT2D eigenvalue weighted by Crippen LogP contribution is -2.48. The summed E-state index contributed by atoms with van der Waals surface area (Å²) >= 11 is 0. The van der Waals surface area contributed by atoms with Gasteiger partial charge in [0.1, 0.15) is 23.9 Å². The predicted octanol–water partition coefficient (Wildman–Crippen LogP) is 2.38. The first-order chi connectivity index (χ1) is 14.3. The maximum atomic E-state index is 12.6. The standard InChI is InChI=1S/C16H16F3N5O2.CHF3O/c1-9(15(26)24-5-2-6-24)22-13-7-11(20-8-21-13)10-3-4-12(16(17,18)19)23-14(10)25;2-1(3,4)5/h3-4,7-9H,2,5-6H2,1H3,(H,23,25)(H,20,21,22);5H/t9-;/m1./s1. The number of likely N-dealkylation sites (tertiary alicyclic amines) is 1. The molecule has 31 heavy (non-hydrogen) atoms. The van der Waals surface area contributed by atoms with E-state index in [0.717, 1.165) is 31.6 Å². The van der Waals surface area contributed by atoms with E-state index in [1.54, 1.807) is 16.8 Å². The molecule has 0 aromatic carbocycles. The van der Waals surface area contributed by atoms with Gasteiger partial charge in [0.15, 0.2) is 0 Å². The number of carbonyl (C=O) groups is 1. The van der Waals surface area contributed by atoms with Gasteiger partial charge in [0.2, 0.25) is 5.91 Å². The van der Waals surface area contributed by atoms with Crippen LogP contribution < -0.4 is 10.9 Å². The van der Waals surface area contributed by atoms with Crippen molar-refractivity contribution in [2.24, 2.45) is 0 Å². The molecule has 1 aliphatic heterocycles. The number of halogens is 6. The van der Waals surface area contributed by atoms with Crippen LogP contribution in [0.15, 0.2) is 29.3 Å². The molecule has 0 bridgehead atoms. The Morgan fingerprint density at radius 1 is 1.19 bits per heavy atom. The van der Waals surface area contributed by atoms with E-state index < -0.39 is 29.8 Å². The van der Waals surface area contributed by atoms with Gasteiger partial charge in [0.25, 0.3) is 5.56 Å². The summed E-state index contributed by atoms with van der Waals surface area (Å²) in [6, 6.07) is 2.73. The molecule has 0 radical (unpaired) electrons. The Morgan fingerprint density at radius 3 is 2.29 bits per heavy atom. The summed E-state index contributed by atoms with van der Waals surface area (Å²) in [5.74, 6) is 0.236. The third-order valence-electron chi connectivity index (χ3n) is 4.06. The van der Waals surface area contributed by atoms with Gasteiger partial charge in [-0.25, -0.2) is 9.97 Å². The number of rotatable bonds is 4. The number of aromatic amines is 1. The van der Waals surface area contributed by atoms with E-state index in [9.17, 15) is 35.9 Å². The number of anilines is 1. The molecular weight excluding hydrogens is 436 g/mol. The van der Waals surface area contributed by atoms with Crippen molar-refractivity contribution in [3.63, 3.8) is 0 Å². The van der Waals surface area contributed by atoms with E-state index in [4.69, 9.17) is 5.11 Å². The van der Waals surface area contributed by atoms with Crippen molar-refractivity contribution in [3.8, 4) is 11.3 Å². The highest BCUT2D eigenvalue weighted by Gasteiger charge is 2.32. The highest BCUT2D eigenvalue weighted by Crippen LogP contribution is 2.27. The first kappa shape index (κ1) is 24.1. The molecule has 0 saturated carbocycles.